The van der Waals surface area contributed by atoms with Gasteiger partial charge in [-0.2, -0.15) is 0 Å². The van der Waals surface area contributed by atoms with E-state index in [0.717, 1.165) is 39.2 Å². The molecule has 1 aromatic heterocycles. The third-order valence-corrected chi connectivity index (χ3v) is 4.35. The summed E-state index contributed by atoms with van der Waals surface area (Å²) in [5.41, 5.74) is 3.12. The number of nitrogens with one attached hydrogen (secondary N) is 1. The highest BCUT2D eigenvalue weighted by molar-refractivity contribution is 5.99. The average molecular weight is 341 g/mol. The Morgan fingerprint density at radius 3 is 2.19 bits per heavy atom. The van der Waals surface area contributed by atoms with Gasteiger partial charge in [0, 0.05) is 22.9 Å². The fraction of sp³-hybridized carbons (Fsp3) is 0.0909. The van der Waals surface area contributed by atoms with Crippen LogP contribution in [0.5, 0.6) is 5.75 Å². The van der Waals surface area contributed by atoms with Crippen LogP contribution in [0.15, 0.2) is 78.9 Å². The highest BCUT2D eigenvalue weighted by atomic mass is 16.5. The van der Waals surface area contributed by atoms with Crippen LogP contribution in [0.2, 0.25) is 0 Å². The number of anilines is 1. The summed E-state index contributed by atoms with van der Waals surface area (Å²) < 4.78 is 5.20. The Bertz CT molecular complexity index is 1010. The summed E-state index contributed by atoms with van der Waals surface area (Å²) in [7, 11) is 1.67. The first-order valence-electron chi connectivity index (χ1n) is 8.53. The van der Waals surface area contributed by atoms with Gasteiger partial charge in [0.2, 0.25) is 0 Å². The van der Waals surface area contributed by atoms with E-state index < -0.39 is 0 Å². The molecule has 0 aliphatic rings. The lowest BCUT2D eigenvalue weighted by Crippen LogP contribution is -2.04. The molecule has 0 bridgehead atoms. The Morgan fingerprint density at radius 1 is 0.769 bits per heavy atom. The van der Waals surface area contributed by atoms with Crippen molar-refractivity contribution >= 4 is 16.6 Å². The lowest BCUT2D eigenvalue weighted by Gasteiger charge is -2.11. The summed E-state index contributed by atoms with van der Waals surface area (Å²) in [5.74, 6) is 1.64. The monoisotopic (exact) mass is 341 g/mol. The summed E-state index contributed by atoms with van der Waals surface area (Å²) in [5, 5.41) is 14.5. The van der Waals surface area contributed by atoms with Gasteiger partial charge in [0.05, 0.1) is 7.11 Å². The zero-order chi connectivity index (χ0) is 17.8. The fourth-order valence-electron chi connectivity index (χ4n) is 2.97. The molecule has 0 aliphatic heterocycles. The van der Waals surface area contributed by atoms with E-state index in [0.29, 0.717) is 6.54 Å². The molecular formula is C22H19N3O. The highest BCUT2D eigenvalue weighted by Crippen LogP contribution is 2.29. The Hall–Kier alpha value is -3.40. The van der Waals surface area contributed by atoms with E-state index in [9.17, 15) is 0 Å². The summed E-state index contributed by atoms with van der Waals surface area (Å²) in [6.45, 7) is 0.674. The van der Waals surface area contributed by atoms with Crippen molar-refractivity contribution in [3.8, 4) is 17.0 Å². The number of hydrogen-bond donors (Lipinski definition) is 1. The van der Waals surface area contributed by atoms with E-state index in [4.69, 9.17) is 4.74 Å². The van der Waals surface area contributed by atoms with Gasteiger partial charge >= 0.3 is 0 Å². The van der Waals surface area contributed by atoms with Crippen molar-refractivity contribution in [2.75, 3.05) is 12.4 Å². The van der Waals surface area contributed by atoms with E-state index in [1.807, 2.05) is 54.6 Å². The number of benzene rings is 3. The first-order valence-corrected chi connectivity index (χ1v) is 8.53. The van der Waals surface area contributed by atoms with Gasteiger partial charge < -0.3 is 10.1 Å². The van der Waals surface area contributed by atoms with Crippen LogP contribution in [0.3, 0.4) is 0 Å². The standard InChI is InChI=1S/C22H19N3O/c1-26-18-13-11-16(12-14-18)15-23-22-20-10-6-5-9-19(20)21(24-25-22)17-7-3-2-4-8-17/h2-14H,15H2,1H3,(H,23,25). The minimum atomic E-state index is 0.674. The molecule has 0 amide bonds. The molecule has 4 nitrogen and oxygen atoms in total. The molecule has 0 unspecified atom stereocenters. The van der Waals surface area contributed by atoms with E-state index in [2.05, 4.69) is 39.8 Å². The van der Waals surface area contributed by atoms with Gasteiger partial charge in [-0.1, -0.05) is 66.7 Å². The lowest BCUT2D eigenvalue weighted by atomic mass is 10.0. The van der Waals surface area contributed by atoms with Gasteiger partial charge in [0.25, 0.3) is 0 Å². The number of ether oxygens (including phenoxy) is 1. The van der Waals surface area contributed by atoms with Crippen molar-refractivity contribution in [2.24, 2.45) is 0 Å². The smallest absolute Gasteiger partial charge is 0.156 e. The molecule has 1 heterocycles. The predicted octanol–water partition coefficient (Wildman–Crippen LogP) is 4.92. The Labute approximate surface area is 152 Å². The topological polar surface area (TPSA) is 47.0 Å². The molecule has 0 saturated carbocycles. The van der Waals surface area contributed by atoms with E-state index in [1.165, 1.54) is 0 Å². The second-order valence-corrected chi connectivity index (χ2v) is 6.01. The molecule has 128 valence electrons. The Kier molecular flexibility index (Phi) is 4.48. The van der Waals surface area contributed by atoms with Crippen molar-refractivity contribution in [2.45, 2.75) is 6.54 Å². The van der Waals surface area contributed by atoms with Crippen molar-refractivity contribution in [1.82, 2.24) is 10.2 Å². The van der Waals surface area contributed by atoms with Crippen LogP contribution in [0.4, 0.5) is 5.82 Å². The molecule has 0 spiro atoms. The van der Waals surface area contributed by atoms with Gasteiger partial charge in [-0.3, -0.25) is 0 Å². The van der Waals surface area contributed by atoms with Gasteiger partial charge in [-0.15, -0.1) is 10.2 Å². The summed E-state index contributed by atoms with van der Waals surface area (Å²) >= 11 is 0. The van der Waals surface area contributed by atoms with Gasteiger partial charge in [-0.25, -0.2) is 0 Å². The number of fused-ring (bicyclic) bond motifs is 1. The van der Waals surface area contributed by atoms with E-state index in [1.54, 1.807) is 7.11 Å². The summed E-state index contributed by atoms with van der Waals surface area (Å²) in [6.07, 6.45) is 0. The van der Waals surface area contributed by atoms with Gasteiger partial charge in [0.15, 0.2) is 5.82 Å². The summed E-state index contributed by atoms with van der Waals surface area (Å²) in [6, 6.07) is 26.4. The fourth-order valence-corrected chi connectivity index (χ4v) is 2.97. The molecule has 4 heteroatoms. The number of methoxy groups -OCH3 is 1. The first-order chi connectivity index (χ1) is 12.8. The highest BCUT2D eigenvalue weighted by Gasteiger charge is 2.10. The first kappa shape index (κ1) is 16.1. The van der Waals surface area contributed by atoms with Crippen LogP contribution in [0.1, 0.15) is 5.56 Å². The van der Waals surface area contributed by atoms with Crippen LogP contribution in [0.25, 0.3) is 22.0 Å². The van der Waals surface area contributed by atoms with Crippen LogP contribution >= 0.6 is 0 Å². The lowest BCUT2D eigenvalue weighted by molar-refractivity contribution is 0.414. The number of nitrogens with zero attached hydrogens (tertiary/aromatic N) is 2. The van der Waals surface area contributed by atoms with Crippen LogP contribution in [-0.4, -0.2) is 17.3 Å². The van der Waals surface area contributed by atoms with Gasteiger partial charge in [0.1, 0.15) is 11.4 Å². The maximum atomic E-state index is 5.20. The van der Waals surface area contributed by atoms with E-state index in [-0.39, 0.29) is 0 Å². The molecule has 26 heavy (non-hydrogen) atoms. The normalized spacial score (nSPS) is 10.7. The quantitative estimate of drug-likeness (QED) is 0.560. The van der Waals surface area contributed by atoms with Gasteiger partial charge in [-0.05, 0) is 17.7 Å². The maximum Gasteiger partial charge on any atom is 0.156 e. The van der Waals surface area contributed by atoms with Crippen molar-refractivity contribution in [3.63, 3.8) is 0 Å². The number of rotatable bonds is 5. The van der Waals surface area contributed by atoms with Crippen molar-refractivity contribution < 1.29 is 4.74 Å². The average Bonchev–Trinajstić information content (AvgIpc) is 2.73. The van der Waals surface area contributed by atoms with Crippen LogP contribution in [-0.2, 0) is 6.54 Å². The molecule has 4 aromatic rings. The molecule has 0 atom stereocenters. The van der Waals surface area contributed by atoms with Crippen molar-refractivity contribution in [1.29, 1.82) is 0 Å². The zero-order valence-corrected chi connectivity index (χ0v) is 14.5. The molecule has 0 saturated heterocycles. The molecule has 0 radical (unpaired) electrons. The van der Waals surface area contributed by atoms with Crippen LogP contribution in [0, 0.1) is 0 Å². The van der Waals surface area contributed by atoms with Crippen LogP contribution < -0.4 is 10.1 Å². The molecule has 1 N–H and O–H groups in total. The van der Waals surface area contributed by atoms with Crippen molar-refractivity contribution in [3.05, 3.63) is 84.4 Å². The molecular weight excluding hydrogens is 322 g/mol. The van der Waals surface area contributed by atoms with E-state index >= 15 is 0 Å². The second kappa shape index (κ2) is 7.23. The molecule has 0 aliphatic carbocycles. The SMILES string of the molecule is COc1ccc(CNc2nnc(-c3ccccc3)c3ccccc23)cc1. The minimum absolute atomic E-state index is 0.674. The Morgan fingerprint density at radius 2 is 1.46 bits per heavy atom. The summed E-state index contributed by atoms with van der Waals surface area (Å²) in [4.78, 5) is 0. The largest absolute Gasteiger partial charge is 0.497 e. The zero-order valence-electron chi connectivity index (χ0n) is 14.5. The third-order valence-electron chi connectivity index (χ3n) is 4.35. The number of aromatic nitrogens is 2. The third kappa shape index (κ3) is 3.22. The maximum absolute atomic E-state index is 5.20. The minimum Gasteiger partial charge on any atom is -0.497 e. The number of hydrogen-bond acceptors (Lipinski definition) is 4. The molecule has 0 fully saturated rings. The Balaban J connectivity index is 1.66. The predicted molar refractivity (Wildman–Crippen MR) is 105 cm³/mol. The molecule has 4 rings (SSSR count). The second-order valence-electron chi connectivity index (χ2n) is 6.01. The molecule has 3 aromatic carbocycles.